The molecule has 1 aromatic heterocycles. The first kappa shape index (κ1) is 34.8. The van der Waals surface area contributed by atoms with E-state index in [4.69, 9.17) is 9.97 Å². The summed E-state index contributed by atoms with van der Waals surface area (Å²) in [6, 6.07) is 74.3. The molecule has 0 fully saturated rings. The number of rotatable bonds is 6. The Labute approximate surface area is 345 Å². The van der Waals surface area contributed by atoms with E-state index in [1.807, 2.05) is 0 Å². The molecule has 0 radical (unpaired) electrons. The van der Waals surface area contributed by atoms with Gasteiger partial charge in [-0.1, -0.05) is 190 Å². The van der Waals surface area contributed by atoms with E-state index < -0.39 is 0 Å². The maximum Gasteiger partial charge on any atom is 0.160 e. The van der Waals surface area contributed by atoms with Gasteiger partial charge < -0.3 is 0 Å². The third kappa shape index (κ3) is 5.96. The molecule has 0 N–H and O–H groups in total. The number of hydrogen-bond acceptors (Lipinski definition) is 2. The second kappa shape index (κ2) is 13.9. The summed E-state index contributed by atoms with van der Waals surface area (Å²) in [6.45, 7) is 4.72. The highest BCUT2D eigenvalue weighted by atomic mass is 14.9. The first-order valence-corrected chi connectivity index (χ1v) is 20.4. The minimum atomic E-state index is -0.0902. The Kier molecular flexibility index (Phi) is 8.20. The summed E-state index contributed by atoms with van der Waals surface area (Å²) in [5, 5.41) is 4.89. The topological polar surface area (TPSA) is 25.8 Å². The summed E-state index contributed by atoms with van der Waals surface area (Å²) < 4.78 is 0. The average molecular weight is 753 g/mol. The zero-order valence-corrected chi connectivity index (χ0v) is 33.0. The molecule has 2 heteroatoms. The molecule has 0 bridgehead atoms. The van der Waals surface area contributed by atoms with Crippen LogP contribution < -0.4 is 0 Å². The normalized spacial score (nSPS) is 12.7. The van der Waals surface area contributed by atoms with Gasteiger partial charge in [0.05, 0.1) is 11.4 Å². The van der Waals surface area contributed by atoms with E-state index in [-0.39, 0.29) is 5.41 Å². The zero-order chi connectivity index (χ0) is 39.5. The SMILES string of the molecule is CC1(C)c2cc3ccccc3cc2-c2c(-c3ccc4cc(-c5nc(-c6ccccc6-c6ccccc6)cc(-c6ccccc6-c6ccccc6)n5)ccc4c3)cccc21. The smallest absolute Gasteiger partial charge is 0.160 e. The predicted molar refractivity (Wildman–Crippen MR) is 247 cm³/mol. The Bertz CT molecular complexity index is 3130. The highest BCUT2D eigenvalue weighted by Crippen LogP contribution is 2.53. The fourth-order valence-electron chi connectivity index (χ4n) is 9.27. The van der Waals surface area contributed by atoms with Gasteiger partial charge in [-0.05, 0) is 108 Å². The lowest BCUT2D eigenvalue weighted by atomic mass is 9.81. The number of nitrogens with zero attached hydrogens (tertiary/aromatic N) is 2. The van der Waals surface area contributed by atoms with Crippen molar-refractivity contribution >= 4 is 21.5 Å². The van der Waals surface area contributed by atoms with E-state index >= 15 is 0 Å². The molecular weight excluding hydrogens is 713 g/mol. The Hall–Kier alpha value is -7.42. The lowest BCUT2D eigenvalue weighted by Crippen LogP contribution is -2.14. The van der Waals surface area contributed by atoms with Crippen LogP contribution in [-0.4, -0.2) is 9.97 Å². The van der Waals surface area contributed by atoms with Gasteiger partial charge in [-0.15, -0.1) is 0 Å². The van der Waals surface area contributed by atoms with Crippen molar-refractivity contribution in [1.82, 2.24) is 9.97 Å². The first-order chi connectivity index (χ1) is 29.0. The lowest BCUT2D eigenvalue weighted by Gasteiger charge is -2.22. The predicted octanol–water partition coefficient (Wildman–Crippen LogP) is 15.1. The summed E-state index contributed by atoms with van der Waals surface area (Å²) >= 11 is 0. The van der Waals surface area contributed by atoms with Gasteiger partial charge >= 0.3 is 0 Å². The van der Waals surface area contributed by atoms with Crippen molar-refractivity contribution in [3.05, 3.63) is 217 Å². The summed E-state index contributed by atoms with van der Waals surface area (Å²) in [6.07, 6.45) is 0. The van der Waals surface area contributed by atoms with Crippen LogP contribution in [0, 0.1) is 0 Å². The van der Waals surface area contributed by atoms with Crippen molar-refractivity contribution in [2.45, 2.75) is 19.3 Å². The van der Waals surface area contributed by atoms with Crippen molar-refractivity contribution in [2.75, 3.05) is 0 Å². The van der Waals surface area contributed by atoms with E-state index in [0.717, 1.165) is 55.7 Å². The zero-order valence-electron chi connectivity index (χ0n) is 33.0. The largest absolute Gasteiger partial charge is 0.228 e. The molecule has 0 atom stereocenters. The maximum absolute atomic E-state index is 5.34. The Morgan fingerprint density at radius 3 is 1.39 bits per heavy atom. The van der Waals surface area contributed by atoms with Crippen molar-refractivity contribution in [3.63, 3.8) is 0 Å². The fourth-order valence-corrected chi connectivity index (χ4v) is 9.27. The molecule has 2 nitrogen and oxygen atoms in total. The van der Waals surface area contributed by atoms with Gasteiger partial charge in [-0.25, -0.2) is 9.97 Å². The van der Waals surface area contributed by atoms with Crippen LogP contribution in [0.2, 0.25) is 0 Å². The maximum atomic E-state index is 5.34. The minimum Gasteiger partial charge on any atom is -0.228 e. The Balaban J connectivity index is 1.05. The molecule has 1 aliphatic rings. The molecule has 0 amide bonds. The Morgan fingerprint density at radius 1 is 0.305 bits per heavy atom. The summed E-state index contributed by atoms with van der Waals surface area (Å²) in [5.41, 5.74) is 17.3. The molecule has 9 aromatic carbocycles. The molecule has 0 spiro atoms. The molecule has 1 heterocycles. The number of fused-ring (bicyclic) bond motifs is 5. The second-order valence-corrected chi connectivity index (χ2v) is 16.2. The van der Waals surface area contributed by atoms with E-state index in [1.54, 1.807) is 0 Å². The van der Waals surface area contributed by atoms with Gasteiger partial charge in [0.25, 0.3) is 0 Å². The van der Waals surface area contributed by atoms with Gasteiger partial charge in [0.1, 0.15) is 0 Å². The number of hydrogen-bond donors (Lipinski definition) is 0. The van der Waals surface area contributed by atoms with E-state index in [0.29, 0.717) is 5.82 Å². The summed E-state index contributed by atoms with van der Waals surface area (Å²) in [7, 11) is 0. The lowest BCUT2D eigenvalue weighted by molar-refractivity contribution is 0.661. The van der Waals surface area contributed by atoms with Crippen LogP contribution in [0.1, 0.15) is 25.0 Å². The quantitative estimate of drug-likeness (QED) is 0.169. The molecule has 59 heavy (non-hydrogen) atoms. The van der Waals surface area contributed by atoms with Crippen LogP contribution in [-0.2, 0) is 5.41 Å². The highest BCUT2D eigenvalue weighted by Gasteiger charge is 2.37. The van der Waals surface area contributed by atoms with Gasteiger partial charge in [0.15, 0.2) is 5.82 Å². The van der Waals surface area contributed by atoms with Crippen molar-refractivity contribution in [3.8, 4) is 78.4 Å². The standard InChI is InChI=1S/C57H40N2/c1-57(2)51-27-15-26-47(55(51)50-34-39-20-9-10-21-40(39)35-52(50)57)43-30-28-42-33-44(31-29-41(42)32-43)56-58-53(48-24-13-11-22-45(48)37-16-5-3-6-17-37)36-54(59-56)49-25-14-12-23-46(49)38-18-7-4-8-19-38/h3-36H,1-2H3. The molecule has 1 aliphatic carbocycles. The molecule has 10 aromatic rings. The second-order valence-electron chi connectivity index (χ2n) is 16.2. The van der Waals surface area contributed by atoms with Crippen molar-refractivity contribution in [2.24, 2.45) is 0 Å². The van der Waals surface area contributed by atoms with E-state index in [9.17, 15) is 0 Å². The fraction of sp³-hybridized carbons (Fsp3) is 0.0526. The molecule has 11 rings (SSSR count). The van der Waals surface area contributed by atoms with Gasteiger partial charge in [0, 0.05) is 22.1 Å². The Morgan fingerprint density at radius 2 is 0.780 bits per heavy atom. The van der Waals surface area contributed by atoms with Gasteiger partial charge in [-0.2, -0.15) is 0 Å². The van der Waals surface area contributed by atoms with Crippen LogP contribution in [0.25, 0.3) is 100.0 Å². The van der Waals surface area contributed by atoms with Crippen LogP contribution in [0.15, 0.2) is 206 Å². The monoisotopic (exact) mass is 752 g/mol. The highest BCUT2D eigenvalue weighted by molar-refractivity contribution is 6.00. The van der Waals surface area contributed by atoms with Gasteiger partial charge in [0.2, 0.25) is 0 Å². The van der Waals surface area contributed by atoms with Crippen LogP contribution in [0.3, 0.4) is 0 Å². The third-order valence-electron chi connectivity index (χ3n) is 12.3. The molecule has 0 saturated carbocycles. The molecule has 0 aliphatic heterocycles. The van der Waals surface area contributed by atoms with Gasteiger partial charge in [-0.3, -0.25) is 0 Å². The van der Waals surface area contributed by atoms with E-state index in [1.165, 1.54) is 49.5 Å². The van der Waals surface area contributed by atoms with Crippen LogP contribution in [0.4, 0.5) is 0 Å². The molecular formula is C57H40N2. The molecule has 0 saturated heterocycles. The summed E-state index contributed by atoms with van der Waals surface area (Å²) in [4.78, 5) is 10.7. The number of benzene rings is 9. The first-order valence-electron chi connectivity index (χ1n) is 20.4. The number of aromatic nitrogens is 2. The van der Waals surface area contributed by atoms with Crippen LogP contribution in [0.5, 0.6) is 0 Å². The van der Waals surface area contributed by atoms with Crippen molar-refractivity contribution < 1.29 is 0 Å². The third-order valence-corrected chi connectivity index (χ3v) is 12.3. The summed E-state index contributed by atoms with van der Waals surface area (Å²) in [5.74, 6) is 0.696. The minimum absolute atomic E-state index is 0.0902. The van der Waals surface area contributed by atoms with E-state index in [2.05, 4.69) is 220 Å². The molecule has 0 unspecified atom stereocenters. The van der Waals surface area contributed by atoms with Crippen molar-refractivity contribution in [1.29, 1.82) is 0 Å². The average Bonchev–Trinajstić information content (AvgIpc) is 3.53. The molecule has 278 valence electrons. The van der Waals surface area contributed by atoms with Crippen LogP contribution >= 0.6 is 0 Å².